The van der Waals surface area contributed by atoms with Crippen molar-refractivity contribution in [3.05, 3.63) is 59.2 Å². The third kappa shape index (κ3) is 3.29. The predicted molar refractivity (Wildman–Crippen MR) is 70.9 cm³/mol. The van der Waals surface area contributed by atoms with Gasteiger partial charge in [-0.05, 0) is 24.3 Å². The van der Waals surface area contributed by atoms with E-state index in [0.29, 0.717) is 0 Å². The van der Waals surface area contributed by atoms with Crippen molar-refractivity contribution in [1.29, 1.82) is 0 Å². The second-order valence-corrected chi connectivity index (χ2v) is 4.14. The highest BCUT2D eigenvalue weighted by molar-refractivity contribution is 5.88. The molecule has 0 saturated heterocycles. The van der Waals surface area contributed by atoms with Crippen LogP contribution in [0.3, 0.4) is 0 Å². The Morgan fingerprint density at radius 2 is 1.14 bits per heavy atom. The maximum atomic E-state index is 13.4. The molecule has 22 heavy (non-hydrogen) atoms. The second kappa shape index (κ2) is 6.08. The van der Waals surface area contributed by atoms with Gasteiger partial charge in [-0.1, -0.05) is 0 Å². The van der Waals surface area contributed by atoms with Gasteiger partial charge in [0.15, 0.2) is 0 Å². The predicted octanol–water partition coefficient (Wildman–Crippen LogP) is 3.78. The number of carboxylic acid groups (broad SMARTS) is 2. The number of halogens is 2. The second-order valence-electron chi connectivity index (χ2n) is 4.14. The zero-order chi connectivity index (χ0) is 16.3. The molecular formula is C14H8F2N2O4. The van der Waals surface area contributed by atoms with E-state index in [9.17, 15) is 18.4 Å². The van der Waals surface area contributed by atoms with Crippen LogP contribution in [-0.2, 0) is 0 Å². The third-order valence-corrected chi connectivity index (χ3v) is 2.65. The van der Waals surface area contributed by atoms with Crippen molar-refractivity contribution in [3.63, 3.8) is 0 Å². The summed E-state index contributed by atoms with van der Waals surface area (Å²) < 4.78 is 26.8. The maximum Gasteiger partial charge on any atom is 0.338 e. The third-order valence-electron chi connectivity index (χ3n) is 2.65. The molecule has 0 atom stereocenters. The van der Waals surface area contributed by atoms with Crippen LogP contribution in [0.2, 0.25) is 0 Å². The molecule has 0 aliphatic carbocycles. The average molecular weight is 306 g/mol. The van der Waals surface area contributed by atoms with Crippen molar-refractivity contribution in [2.75, 3.05) is 0 Å². The van der Waals surface area contributed by atoms with E-state index >= 15 is 0 Å². The lowest BCUT2D eigenvalue weighted by Crippen LogP contribution is -1.99. The van der Waals surface area contributed by atoms with E-state index in [-0.39, 0.29) is 11.4 Å². The minimum atomic E-state index is -1.41. The number of aromatic carboxylic acids is 2. The fourth-order valence-electron chi connectivity index (χ4n) is 1.59. The van der Waals surface area contributed by atoms with Crippen LogP contribution in [0.5, 0.6) is 0 Å². The average Bonchev–Trinajstić information content (AvgIpc) is 2.44. The Balaban J connectivity index is 2.25. The van der Waals surface area contributed by atoms with Crippen LogP contribution in [0.25, 0.3) is 0 Å². The van der Waals surface area contributed by atoms with Gasteiger partial charge in [-0.15, -0.1) is 0 Å². The van der Waals surface area contributed by atoms with Crippen molar-refractivity contribution in [2.45, 2.75) is 0 Å². The van der Waals surface area contributed by atoms with Crippen molar-refractivity contribution in [1.82, 2.24) is 0 Å². The highest BCUT2D eigenvalue weighted by atomic mass is 19.1. The largest absolute Gasteiger partial charge is 0.478 e. The molecule has 0 aromatic heterocycles. The molecule has 2 N–H and O–H groups in total. The number of hydrogen-bond donors (Lipinski definition) is 2. The van der Waals surface area contributed by atoms with Crippen LogP contribution in [0.15, 0.2) is 46.6 Å². The Morgan fingerprint density at radius 3 is 1.41 bits per heavy atom. The zero-order valence-electron chi connectivity index (χ0n) is 10.8. The summed E-state index contributed by atoms with van der Waals surface area (Å²) in [6, 6.07) is 6.26. The molecule has 2 aromatic carbocycles. The summed E-state index contributed by atoms with van der Waals surface area (Å²) in [6.07, 6.45) is 0. The van der Waals surface area contributed by atoms with E-state index in [1.165, 1.54) is 12.1 Å². The molecule has 112 valence electrons. The Hall–Kier alpha value is -3.16. The van der Waals surface area contributed by atoms with Crippen molar-refractivity contribution in [3.8, 4) is 0 Å². The smallest absolute Gasteiger partial charge is 0.338 e. The Bertz CT molecular complexity index is 725. The summed E-state index contributed by atoms with van der Waals surface area (Å²) in [5, 5.41) is 24.6. The summed E-state index contributed by atoms with van der Waals surface area (Å²) in [6.45, 7) is 0. The van der Waals surface area contributed by atoms with Gasteiger partial charge in [0.1, 0.15) is 11.6 Å². The Morgan fingerprint density at radius 1 is 0.773 bits per heavy atom. The van der Waals surface area contributed by atoms with Gasteiger partial charge in [-0.2, -0.15) is 10.2 Å². The van der Waals surface area contributed by atoms with Crippen LogP contribution in [0.4, 0.5) is 20.2 Å². The number of rotatable bonds is 4. The molecule has 0 heterocycles. The first kappa shape index (κ1) is 15.2. The number of benzene rings is 2. The SMILES string of the molecule is O=C(O)c1ccc(N=Nc2ccc(C(=O)O)c(F)c2)cc1F. The van der Waals surface area contributed by atoms with Crippen LogP contribution >= 0.6 is 0 Å². The molecule has 0 saturated carbocycles. The van der Waals surface area contributed by atoms with Crippen LogP contribution in [0, 0.1) is 11.6 Å². The minimum absolute atomic E-state index is 0.0326. The van der Waals surface area contributed by atoms with Gasteiger partial charge in [0.2, 0.25) is 0 Å². The molecule has 0 amide bonds. The van der Waals surface area contributed by atoms with Gasteiger partial charge in [0, 0.05) is 12.1 Å². The number of carboxylic acids is 2. The van der Waals surface area contributed by atoms with Gasteiger partial charge >= 0.3 is 11.9 Å². The van der Waals surface area contributed by atoms with E-state index in [0.717, 1.165) is 24.3 Å². The number of azo groups is 1. The lowest BCUT2D eigenvalue weighted by Gasteiger charge is -1.99. The fourth-order valence-corrected chi connectivity index (χ4v) is 1.59. The first-order chi connectivity index (χ1) is 10.4. The Labute approximate surface area is 122 Å². The lowest BCUT2D eigenvalue weighted by atomic mass is 10.2. The molecule has 6 nitrogen and oxygen atoms in total. The first-order valence-electron chi connectivity index (χ1n) is 5.86. The molecule has 0 bridgehead atoms. The molecule has 2 rings (SSSR count). The highest BCUT2D eigenvalue weighted by Gasteiger charge is 2.11. The molecular weight excluding hydrogens is 298 g/mol. The molecule has 0 radical (unpaired) electrons. The topological polar surface area (TPSA) is 99.3 Å². The molecule has 0 spiro atoms. The number of nitrogens with zero attached hydrogens (tertiary/aromatic N) is 2. The van der Waals surface area contributed by atoms with Crippen molar-refractivity contribution < 1.29 is 28.6 Å². The molecule has 2 aromatic rings. The van der Waals surface area contributed by atoms with E-state index in [1.807, 2.05) is 0 Å². The van der Waals surface area contributed by atoms with Gasteiger partial charge in [0.25, 0.3) is 0 Å². The monoisotopic (exact) mass is 306 g/mol. The van der Waals surface area contributed by atoms with Gasteiger partial charge in [-0.3, -0.25) is 0 Å². The molecule has 0 unspecified atom stereocenters. The summed E-state index contributed by atoms with van der Waals surface area (Å²) in [4.78, 5) is 21.3. The fraction of sp³-hybridized carbons (Fsp3) is 0. The minimum Gasteiger partial charge on any atom is -0.478 e. The maximum absolute atomic E-state index is 13.4. The quantitative estimate of drug-likeness (QED) is 0.839. The van der Waals surface area contributed by atoms with Gasteiger partial charge < -0.3 is 10.2 Å². The number of hydrogen-bond acceptors (Lipinski definition) is 4. The Kier molecular flexibility index (Phi) is 4.21. The van der Waals surface area contributed by atoms with Gasteiger partial charge in [0.05, 0.1) is 22.5 Å². The normalized spacial score (nSPS) is 10.8. The molecule has 0 fully saturated rings. The van der Waals surface area contributed by atoms with Crippen LogP contribution in [0.1, 0.15) is 20.7 Å². The van der Waals surface area contributed by atoms with Crippen LogP contribution in [-0.4, -0.2) is 22.2 Å². The number of carbonyl (C=O) groups is 2. The zero-order valence-corrected chi connectivity index (χ0v) is 10.8. The lowest BCUT2D eigenvalue weighted by molar-refractivity contribution is 0.0680. The van der Waals surface area contributed by atoms with E-state index < -0.39 is 34.7 Å². The molecule has 8 heteroatoms. The van der Waals surface area contributed by atoms with E-state index in [2.05, 4.69) is 10.2 Å². The van der Waals surface area contributed by atoms with Gasteiger partial charge in [-0.25, -0.2) is 18.4 Å². The summed E-state index contributed by atoms with van der Waals surface area (Å²) in [5.41, 5.74) is -0.943. The summed E-state index contributed by atoms with van der Waals surface area (Å²) in [5.74, 6) is -4.77. The first-order valence-corrected chi connectivity index (χ1v) is 5.86. The van der Waals surface area contributed by atoms with E-state index in [4.69, 9.17) is 10.2 Å². The van der Waals surface area contributed by atoms with Crippen molar-refractivity contribution in [2.24, 2.45) is 10.2 Å². The standard InChI is InChI=1S/C14H8F2N2O4/c15-11-5-7(1-3-9(11)13(19)20)17-18-8-2-4-10(14(21)22)12(16)6-8/h1-6H,(H,19,20)(H,21,22). The van der Waals surface area contributed by atoms with Crippen LogP contribution < -0.4 is 0 Å². The van der Waals surface area contributed by atoms with E-state index in [1.54, 1.807) is 0 Å². The molecule has 0 aliphatic heterocycles. The molecule has 0 aliphatic rings. The summed E-state index contributed by atoms with van der Waals surface area (Å²) >= 11 is 0. The van der Waals surface area contributed by atoms with Crippen molar-refractivity contribution >= 4 is 23.3 Å². The summed E-state index contributed by atoms with van der Waals surface area (Å²) in [7, 11) is 0. The highest BCUT2D eigenvalue weighted by Crippen LogP contribution is 2.22.